The van der Waals surface area contributed by atoms with Crippen LogP contribution in [0.4, 0.5) is 0 Å². The number of carbonyl (C=O) groups is 1. The molecule has 2 rings (SSSR count). The largest absolute Gasteiger partial charge is 0.298 e. The van der Waals surface area contributed by atoms with Crippen LogP contribution in [0, 0.1) is 20.8 Å². The first-order valence-corrected chi connectivity index (χ1v) is 5.09. The van der Waals surface area contributed by atoms with Gasteiger partial charge in [0.15, 0.2) is 0 Å². The molecule has 0 spiro atoms. The van der Waals surface area contributed by atoms with Crippen molar-refractivity contribution >= 4 is 17.1 Å². The van der Waals surface area contributed by atoms with Crippen molar-refractivity contribution in [1.29, 1.82) is 0 Å². The molecule has 0 fully saturated rings. The summed E-state index contributed by atoms with van der Waals surface area (Å²) in [7, 11) is 0. The van der Waals surface area contributed by atoms with Gasteiger partial charge in [-0.3, -0.25) is 4.79 Å². The Balaban J connectivity index is 2.92. The molecule has 0 aromatic heterocycles. The SMILES string of the molecule is Cc1cc(C)c2c(C)c(C=O)ccc2c1. The molecule has 0 saturated heterocycles. The van der Waals surface area contributed by atoms with Crippen LogP contribution in [0.25, 0.3) is 10.8 Å². The second kappa shape index (κ2) is 3.50. The molecule has 0 bridgehead atoms. The maximum Gasteiger partial charge on any atom is 0.150 e. The minimum Gasteiger partial charge on any atom is -0.298 e. The number of benzene rings is 2. The molecule has 1 nitrogen and oxygen atoms in total. The molecule has 0 aliphatic heterocycles. The lowest BCUT2D eigenvalue weighted by molar-refractivity contribution is 0.112. The Hall–Kier alpha value is -1.63. The van der Waals surface area contributed by atoms with Crippen molar-refractivity contribution in [2.45, 2.75) is 20.8 Å². The molecule has 2 aromatic rings. The molecular weight excluding hydrogens is 184 g/mol. The van der Waals surface area contributed by atoms with Crippen molar-refractivity contribution < 1.29 is 4.79 Å². The first kappa shape index (κ1) is 9.91. The van der Waals surface area contributed by atoms with E-state index >= 15 is 0 Å². The molecule has 0 radical (unpaired) electrons. The van der Waals surface area contributed by atoms with E-state index in [2.05, 4.69) is 26.0 Å². The number of hydrogen-bond acceptors (Lipinski definition) is 1. The Labute approximate surface area is 89.7 Å². The van der Waals surface area contributed by atoms with Crippen molar-refractivity contribution in [3.05, 3.63) is 46.5 Å². The standard InChI is InChI=1S/C14H14O/c1-9-6-10(2)14-11(3)13(8-15)5-4-12(14)7-9/h4-8H,1-3H3. The zero-order chi connectivity index (χ0) is 11.0. The number of hydrogen-bond donors (Lipinski definition) is 0. The topological polar surface area (TPSA) is 17.1 Å². The van der Waals surface area contributed by atoms with Crippen LogP contribution in [0.5, 0.6) is 0 Å². The number of carbonyl (C=O) groups excluding carboxylic acids is 1. The van der Waals surface area contributed by atoms with E-state index in [0.29, 0.717) is 0 Å². The van der Waals surface area contributed by atoms with Crippen LogP contribution in [0.15, 0.2) is 24.3 Å². The molecule has 0 atom stereocenters. The van der Waals surface area contributed by atoms with Crippen molar-refractivity contribution in [2.24, 2.45) is 0 Å². The summed E-state index contributed by atoms with van der Waals surface area (Å²) in [4.78, 5) is 10.8. The minimum atomic E-state index is 0.787. The lowest BCUT2D eigenvalue weighted by Crippen LogP contribution is -1.91. The van der Waals surface area contributed by atoms with Gasteiger partial charge in [0, 0.05) is 5.56 Å². The van der Waals surface area contributed by atoms with E-state index in [-0.39, 0.29) is 0 Å². The summed E-state index contributed by atoms with van der Waals surface area (Å²) in [5.74, 6) is 0. The highest BCUT2D eigenvalue weighted by Gasteiger charge is 2.05. The first-order valence-electron chi connectivity index (χ1n) is 5.09. The molecule has 15 heavy (non-hydrogen) atoms. The van der Waals surface area contributed by atoms with Gasteiger partial charge < -0.3 is 0 Å². The molecule has 0 saturated carbocycles. The van der Waals surface area contributed by atoms with Gasteiger partial charge in [0.1, 0.15) is 6.29 Å². The van der Waals surface area contributed by atoms with Gasteiger partial charge in [-0.25, -0.2) is 0 Å². The van der Waals surface area contributed by atoms with Crippen molar-refractivity contribution in [2.75, 3.05) is 0 Å². The van der Waals surface area contributed by atoms with E-state index in [1.54, 1.807) is 0 Å². The fourth-order valence-corrected chi connectivity index (χ4v) is 2.22. The number of aryl methyl sites for hydroxylation is 3. The summed E-state index contributed by atoms with van der Waals surface area (Å²) >= 11 is 0. The minimum absolute atomic E-state index is 0.787. The van der Waals surface area contributed by atoms with E-state index in [0.717, 1.165) is 17.4 Å². The molecule has 0 amide bonds. The second-order valence-electron chi connectivity index (χ2n) is 4.08. The summed E-state index contributed by atoms with van der Waals surface area (Å²) in [5, 5.41) is 2.43. The Bertz CT molecular complexity index is 539. The third kappa shape index (κ3) is 1.54. The Kier molecular flexibility index (Phi) is 2.31. The molecule has 0 aliphatic carbocycles. The maximum atomic E-state index is 10.8. The molecule has 76 valence electrons. The van der Waals surface area contributed by atoms with Crippen molar-refractivity contribution in [3.63, 3.8) is 0 Å². The van der Waals surface area contributed by atoms with Gasteiger partial charge in [0.2, 0.25) is 0 Å². The Morgan fingerprint density at radius 3 is 2.47 bits per heavy atom. The molecular formula is C14H14O. The molecule has 0 heterocycles. The van der Waals surface area contributed by atoms with Crippen LogP contribution in [0.3, 0.4) is 0 Å². The van der Waals surface area contributed by atoms with E-state index < -0.39 is 0 Å². The smallest absolute Gasteiger partial charge is 0.150 e. The van der Waals surface area contributed by atoms with Crippen LogP contribution in [0.1, 0.15) is 27.0 Å². The highest BCUT2D eigenvalue weighted by molar-refractivity contribution is 5.95. The fraction of sp³-hybridized carbons (Fsp3) is 0.214. The molecule has 0 unspecified atom stereocenters. The lowest BCUT2D eigenvalue weighted by Gasteiger charge is -2.09. The second-order valence-corrected chi connectivity index (χ2v) is 4.08. The van der Waals surface area contributed by atoms with Gasteiger partial charge in [-0.15, -0.1) is 0 Å². The monoisotopic (exact) mass is 198 g/mol. The predicted octanol–water partition coefficient (Wildman–Crippen LogP) is 3.58. The summed E-state index contributed by atoms with van der Waals surface area (Å²) < 4.78 is 0. The van der Waals surface area contributed by atoms with Crippen LogP contribution >= 0.6 is 0 Å². The lowest BCUT2D eigenvalue weighted by atomic mass is 9.95. The summed E-state index contributed by atoms with van der Waals surface area (Å²) in [6.07, 6.45) is 0.925. The molecule has 0 N–H and O–H groups in total. The first-order chi connectivity index (χ1) is 7.13. The zero-order valence-electron chi connectivity index (χ0n) is 9.29. The number of rotatable bonds is 1. The fourth-order valence-electron chi connectivity index (χ4n) is 2.22. The maximum absolute atomic E-state index is 10.8. The third-order valence-electron chi connectivity index (χ3n) is 2.89. The van der Waals surface area contributed by atoms with Crippen molar-refractivity contribution in [1.82, 2.24) is 0 Å². The van der Waals surface area contributed by atoms with E-state index in [1.165, 1.54) is 21.9 Å². The molecule has 0 aliphatic rings. The molecule has 1 heteroatoms. The van der Waals surface area contributed by atoms with Gasteiger partial charge in [-0.1, -0.05) is 29.8 Å². The van der Waals surface area contributed by atoms with Crippen LogP contribution in [0.2, 0.25) is 0 Å². The average molecular weight is 198 g/mol. The Morgan fingerprint density at radius 1 is 1.07 bits per heavy atom. The van der Waals surface area contributed by atoms with Gasteiger partial charge in [0.25, 0.3) is 0 Å². The summed E-state index contributed by atoms with van der Waals surface area (Å²) in [6, 6.07) is 8.23. The van der Waals surface area contributed by atoms with E-state index in [9.17, 15) is 4.79 Å². The summed E-state index contributed by atoms with van der Waals surface area (Å²) in [5.41, 5.74) is 4.37. The van der Waals surface area contributed by atoms with Crippen LogP contribution in [-0.4, -0.2) is 6.29 Å². The van der Waals surface area contributed by atoms with Crippen LogP contribution in [-0.2, 0) is 0 Å². The van der Waals surface area contributed by atoms with Gasteiger partial charge in [-0.2, -0.15) is 0 Å². The van der Waals surface area contributed by atoms with Crippen molar-refractivity contribution in [3.8, 4) is 0 Å². The summed E-state index contributed by atoms with van der Waals surface area (Å²) in [6.45, 7) is 6.20. The zero-order valence-corrected chi connectivity index (χ0v) is 9.29. The van der Waals surface area contributed by atoms with Gasteiger partial charge >= 0.3 is 0 Å². The van der Waals surface area contributed by atoms with E-state index in [4.69, 9.17) is 0 Å². The third-order valence-corrected chi connectivity index (χ3v) is 2.89. The van der Waals surface area contributed by atoms with Crippen LogP contribution < -0.4 is 0 Å². The molecule has 2 aromatic carbocycles. The van der Waals surface area contributed by atoms with Gasteiger partial charge in [0.05, 0.1) is 0 Å². The van der Waals surface area contributed by atoms with Gasteiger partial charge in [-0.05, 0) is 42.7 Å². The normalized spacial score (nSPS) is 10.6. The Morgan fingerprint density at radius 2 is 1.80 bits per heavy atom. The quantitative estimate of drug-likeness (QED) is 0.640. The number of fused-ring (bicyclic) bond motifs is 1. The predicted molar refractivity (Wildman–Crippen MR) is 63.5 cm³/mol. The number of aldehydes is 1. The van der Waals surface area contributed by atoms with E-state index in [1.807, 2.05) is 19.1 Å². The highest BCUT2D eigenvalue weighted by atomic mass is 16.1. The average Bonchev–Trinajstić information content (AvgIpc) is 2.17. The highest BCUT2D eigenvalue weighted by Crippen LogP contribution is 2.25.